The molecule has 4 aromatic carbocycles. The van der Waals surface area contributed by atoms with E-state index in [0.717, 1.165) is 48.5 Å². The minimum Gasteiger partial charge on any atom is -0.744 e. The Morgan fingerprint density at radius 2 is 0.705 bits per heavy atom. The van der Waals surface area contributed by atoms with Crippen LogP contribution in [0, 0.1) is 20.2 Å². The van der Waals surface area contributed by atoms with E-state index in [1.807, 2.05) is 0 Å². The largest absolute Gasteiger partial charge is 2.00 e. The van der Waals surface area contributed by atoms with Crippen molar-refractivity contribution in [3.05, 3.63) is 80.9 Å². The summed E-state index contributed by atoms with van der Waals surface area (Å²) in [6, 6.07) is 8.53. The molecular formula is C20H10Mg2N2O16S4. The second-order valence-corrected chi connectivity index (χ2v) is 13.3. The van der Waals surface area contributed by atoms with E-state index in [9.17, 15) is 72.1 Å². The molecule has 0 unspecified atom stereocenters. The number of benzene rings is 4. The van der Waals surface area contributed by atoms with Crippen molar-refractivity contribution in [2.24, 2.45) is 0 Å². The smallest absolute Gasteiger partial charge is 0.744 e. The van der Waals surface area contributed by atoms with Crippen molar-refractivity contribution in [2.45, 2.75) is 19.6 Å². The van der Waals surface area contributed by atoms with Gasteiger partial charge in [0.15, 0.2) is 0 Å². The minimum absolute atomic E-state index is 0. The first kappa shape index (κ1) is 39.4. The molecule has 44 heavy (non-hydrogen) atoms. The molecule has 0 spiro atoms. The van der Waals surface area contributed by atoms with Gasteiger partial charge >= 0.3 is 46.1 Å². The van der Waals surface area contributed by atoms with Crippen molar-refractivity contribution in [3.63, 3.8) is 0 Å². The van der Waals surface area contributed by atoms with Gasteiger partial charge in [-0.3, -0.25) is 20.2 Å². The maximum atomic E-state index is 11.2. The number of nitro groups is 2. The Morgan fingerprint density at radius 1 is 0.432 bits per heavy atom. The average Bonchev–Trinajstić information content (AvgIpc) is 2.84. The van der Waals surface area contributed by atoms with E-state index in [1.165, 1.54) is 0 Å². The molecule has 0 radical (unpaired) electrons. The van der Waals surface area contributed by atoms with Crippen LogP contribution in [0.2, 0.25) is 0 Å². The number of rotatable bonds is 6. The van der Waals surface area contributed by atoms with Crippen LogP contribution in [0.25, 0.3) is 21.5 Å². The Balaban J connectivity index is 0.000000421. The summed E-state index contributed by atoms with van der Waals surface area (Å²) in [5.41, 5.74) is -1.62. The Morgan fingerprint density at radius 3 is 0.932 bits per heavy atom. The SMILES string of the molecule is O=[N+]([O-])c1cc(S(=O)(=O)[O-])c2cccc(S(=O)(=O)[O-])c2c1.O=[N+]([O-])c1cc(S(=O)(=O)[O-])c2cccc(S(=O)(=O)[O-])c2c1.[Mg+2].[Mg+2]. The van der Waals surface area contributed by atoms with Crippen LogP contribution < -0.4 is 0 Å². The van der Waals surface area contributed by atoms with Crippen molar-refractivity contribution >= 4 is 119 Å². The van der Waals surface area contributed by atoms with Gasteiger partial charge in [-0.05, 0) is 12.1 Å². The Bertz CT molecular complexity index is 2100. The number of non-ortho nitro benzene ring substituents is 2. The van der Waals surface area contributed by atoms with E-state index in [-0.39, 0.29) is 56.9 Å². The van der Waals surface area contributed by atoms with Crippen molar-refractivity contribution in [2.75, 3.05) is 0 Å². The van der Waals surface area contributed by atoms with Crippen molar-refractivity contribution in [3.8, 4) is 0 Å². The molecule has 0 amide bonds. The molecule has 4 aromatic rings. The molecule has 0 aliphatic carbocycles. The molecule has 0 saturated heterocycles. The number of hydrogen-bond acceptors (Lipinski definition) is 16. The van der Waals surface area contributed by atoms with Crippen LogP contribution in [0.5, 0.6) is 0 Å². The summed E-state index contributed by atoms with van der Waals surface area (Å²) >= 11 is 0. The van der Waals surface area contributed by atoms with E-state index in [1.54, 1.807) is 0 Å². The van der Waals surface area contributed by atoms with Gasteiger partial charge in [-0.15, -0.1) is 0 Å². The summed E-state index contributed by atoms with van der Waals surface area (Å²) in [7, 11) is -20.2. The normalized spacial score (nSPS) is 11.9. The van der Waals surface area contributed by atoms with Crippen LogP contribution in [-0.4, -0.2) is 108 Å². The van der Waals surface area contributed by atoms with Crippen LogP contribution in [0.4, 0.5) is 11.4 Å². The number of nitrogens with zero attached hydrogens (tertiary/aromatic N) is 2. The number of hydrogen-bond donors (Lipinski definition) is 0. The van der Waals surface area contributed by atoms with Crippen molar-refractivity contribution < 1.29 is 61.7 Å². The zero-order chi connectivity index (χ0) is 32.0. The molecule has 18 nitrogen and oxygen atoms in total. The molecule has 0 aliphatic heterocycles. The Kier molecular flexibility index (Phi) is 12.3. The second-order valence-electron chi connectivity index (χ2n) is 7.92. The van der Waals surface area contributed by atoms with Crippen LogP contribution >= 0.6 is 0 Å². The summed E-state index contributed by atoms with van der Waals surface area (Å²) in [6.07, 6.45) is 0. The van der Waals surface area contributed by atoms with E-state index in [2.05, 4.69) is 0 Å². The minimum atomic E-state index is -5.10. The molecule has 0 aromatic heterocycles. The Labute approximate surface area is 279 Å². The molecule has 0 fully saturated rings. The standard InChI is InChI=1S/2C10H7NO8S2.2Mg/c2*12-11(13)6-4-8-7(10(5-6)21(17,18)19)2-1-3-9(8)20(14,15)16;;/h2*1-5H,(H,14,15,16)(H,17,18,19);;/q;;2*+2/p-4. The van der Waals surface area contributed by atoms with Crippen molar-refractivity contribution in [1.29, 1.82) is 0 Å². The quantitative estimate of drug-likeness (QED) is 0.113. The van der Waals surface area contributed by atoms with Gasteiger partial charge in [0.1, 0.15) is 40.5 Å². The first-order valence-corrected chi connectivity index (χ1v) is 15.9. The number of fused-ring (bicyclic) bond motifs is 2. The molecule has 224 valence electrons. The fraction of sp³-hybridized carbons (Fsp3) is 0. The molecule has 0 atom stereocenters. The zero-order valence-corrected chi connectivity index (χ0v) is 27.3. The predicted octanol–water partition coefficient (Wildman–Crippen LogP) is 0.351. The van der Waals surface area contributed by atoms with Crippen molar-refractivity contribution in [1.82, 2.24) is 0 Å². The molecule has 0 N–H and O–H groups in total. The third kappa shape index (κ3) is 8.76. The van der Waals surface area contributed by atoms with Gasteiger partial charge in [0.05, 0.1) is 29.4 Å². The van der Waals surface area contributed by atoms with Gasteiger partial charge < -0.3 is 18.2 Å². The Hall–Kier alpha value is -2.63. The first-order chi connectivity index (χ1) is 19.0. The zero-order valence-electron chi connectivity index (χ0n) is 21.2. The van der Waals surface area contributed by atoms with Crippen LogP contribution in [0.3, 0.4) is 0 Å². The summed E-state index contributed by atoms with van der Waals surface area (Å²) in [5, 5.41) is 19.8. The molecule has 0 saturated carbocycles. The third-order valence-corrected chi connectivity index (χ3v) is 8.85. The van der Waals surface area contributed by atoms with Crippen LogP contribution in [0.1, 0.15) is 0 Å². The summed E-state index contributed by atoms with van der Waals surface area (Å²) < 4.78 is 134. The van der Waals surface area contributed by atoms with E-state index < -0.39 is 92.0 Å². The van der Waals surface area contributed by atoms with E-state index in [0.29, 0.717) is 12.1 Å². The number of nitro benzene ring substituents is 2. The molecule has 4 rings (SSSR count). The molecule has 0 heterocycles. The van der Waals surface area contributed by atoms with Gasteiger partial charge in [-0.2, -0.15) is 0 Å². The maximum absolute atomic E-state index is 11.2. The third-order valence-electron chi connectivity index (χ3n) is 5.30. The average molecular weight is 711 g/mol. The first-order valence-electron chi connectivity index (χ1n) is 10.3. The van der Waals surface area contributed by atoms with Gasteiger partial charge in [0.25, 0.3) is 11.4 Å². The molecule has 0 aliphatic rings. The van der Waals surface area contributed by atoms with E-state index in [4.69, 9.17) is 0 Å². The monoisotopic (exact) mass is 710 g/mol. The topological polar surface area (TPSA) is 315 Å². The molecule has 24 heteroatoms. The predicted molar refractivity (Wildman–Crippen MR) is 145 cm³/mol. The fourth-order valence-electron chi connectivity index (χ4n) is 3.68. The van der Waals surface area contributed by atoms with Gasteiger partial charge in [0.2, 0.25) is 0 Å². The van der Waals surface area contributed by atoms with Gasteiger partial charge in [-0.1, -0.05) is 24.3 Å². The van der Waals surface area contributed by atoms with Crippen LogP contribution in [0.15, 0.2) is 80.2 Å². The fourth-order valence-corrected chi connectivity index (χ4v) is 6.47. The summed E-state index contributed by atoms with van der Waals surface area (Å²) in [4.78, 5) is 15.9. The van der Waals surface area contributed by atoms with Gasteiger partial charge in [-0.25, -0.2) is 33.7 Å². The molecular weight excluding hydrogens is 701 g/mol. The summed E-state index contributed by atoms with van der Waals surface area (Å²) in [6.45, 7) is 0. The van der Waals surface area contributed by atoms with Gasteiger partial charge in [0, 0.05) is 45.8 Å². The summed E-state index contributed by atoms with van der Waals surface area (Å²) in [5.74, 6) is 0. The second kappa shape index (κ2) is 13.8. The van der Waals surface area contributed by atoms with Crippen LogP contribution in [-0.2, 0) is 40.5 Å². The molecule has 0 bridgehead atoms. The maximum Gasteiger partial charge on any atom is 2.00 e. The van der Waals surface area contributed by atoms with E-state index >= 15 is 0 Å².